The van der Waals surface area contributed by atoms with Crippen molar-refractivity contribution < 1.29 is 13.2 Å². The summed E-state index contributed by atoms with van der Waals surface area (Å²) in [5.41, 5.74) is 4.65. The van der Waals surface area contributed by atoms with Gasteiger partial charge >= 0.3 is 0 Å². The number of hydrogen-bond donors (Lipinski definition) is 1. The van der Waals surface area contributed by atoms with E-state index in [1.165, 1.54) is 0 Å². The van der Waals surface area contributed by atoms with E-state index in [1.807, 2.05) is 0 Å². The molecule has 0 bridgehead atoms. The van der Waals surface area contributed by atoms with Gasteiger partial charge < -0.3 is 5.73 Å². The largest absolute Gasteiger partial charge is 0.319 e. The molecule has 1 rings (SSSR count). The lowest BCUT2D eigenvalue weighted by atomic mass is 10.1. The topological polar surface area (TPSA) is 38.9 Å². The van der Waals surface area contributed by atoms with Crippen LogP contribution in [0.5, 0.6) is 0 Å². The molecule has 0 aliphatic rings. The Morgan fingerprint density at radius 3 is 2.62 bits per heavy atom. The summed E-state index contributed by atoms with van der Waals surface area (Å²) in [5, 5.41) is 0.0764. The maximum Gasteiger partial charge on any atom is 0.257 e. The first kappa shape index (κ1) is 10.3. The van der Waals surface area contributed by atoms with Gasteiger partial charge in [-0.25, -0.2) is 13.8 Å². The lowest BCUT2D eigenvalue weighted by molar-refractivity contribution is 0.114. The van der Waals surface area contributed by atoms with Gasteiger partial charge in [-0.15, -0.1) is 0 Å². The Bertz CT molecular complexity index is 306. The fraction of sp³-hybridized carbons (Fsp3) is 0.286. The monoisotopic (exact) mass is 210 g/mol. The van der Waals surface area contributed by atoms with Crippen molar-refractivity contribution in [3.63, 3.8) is 0 Å². The molecule has 2 nitrogen and oxygen atoms in total. The Labute approximate surface area is 77.5 Å². The van der Waals surface area contributed by atoms with Crippen LogP contribution in [0.25, 0.3) is 0 Å². The van der Waals surface area contributed by atoms with Crippen LogP contribution in [0.15, 0.2) is 12.3 Å². The predicted octanol–water partition coefficient (Wildman–Crippen LogP) is 2.14. The van der Waals surface area contributed by atoms with Crippen molar-refractivity contribution in [3.8, 4) is 0 Å². The SMILES string of the molecule is NC(c1cc(Cl)cnc1F)C(F)F. The van der Waals surface area contributed by atoms with Crippen LogP contribution in [0.4, 0.5) is 13.2 Å². The van der Waals surface area contributed by atoms with E-state index in [9.17, 15) is 13.2 Å². The first-order chi connectivity index (χ1) is 6.02. The minimum absolute atomic E-state index is 0.0764. The molecule has 1 atom stereocenters. The van der Waals surface area contributed by atoms with Gasteiger partial charge in [0.1, 0.15) is 0 Å². The minimum Gasteiger partial charge on any atom is -0.319 e. The molecule has 72 valence electrons. The summed E-state index contributed by atoms with van der Waals surface area (Å²) in [5.74, 6) is -1.02. The summed E-state index contributed by atoms with van der Waals surface area (Å²) in [6, 6.07) is -0.646. The fourth-order valence-corrected chi connectivity index (χ4v) is 0.974. The van der Waals surface area contributed by atoms with Gasteiger partial charge in [0.2, 0.25) is 5.95 Å². The van der Waals surface area contributed by atoms with E-state index in [4.69, 9.17) is 17.3 Å². The van der Waals surface area contributed by atoms with Crippen LogP contribution in [0.3, 0.4) is 0 Å². The van der Waals surface area contributed by atoms with Gasteiger partial charge in [0.15, 0.2) is 0 Å². The van der Waals surface area contributed by atoms with Gasteiger partial charge in [-0.1, -0.05) is 11.6 Å². The molecule has 6 heteroatoms. The molecule has 0 aromatic carbocycles. The molecule has 0 spiro atoms. The highest BCUT2D eigenvalue weighted by Gasteiger charge is 2.21. The van der Waals surface area contributed by atoms with Gasteiger partial charge in [-0.3, -0.25) is 0 Å². The Balaban J connectivity index is 3.05. The molecule has 0 amide bonds. The van der Waals surface area contributed by atoms with Crippen molar-refractivity contribution >= 4 is 11.6 Å². The third-order valence-corrected chi connectivity index (χ3v) is 1.67. The maximum atomic E-state index is 12.8. The highest BCUT2D eigenvalue weighted by Crippen LogP contribution is 2.22. The zero-order chi connectivity index (χ0) is 10.0. The van der Waals surface area contributed by atoms with Crippen molar-refractivity contribution in [1.29, 1.82) is 0 Å². The molecule has 1 aromatic rings. The summed E-state index contributed by atoms with van der Waals surface area (Å²) in [7, 11) is 0. The van der Waals surface area contributed by atoms with Gasteiger partial charge in [-0.05, 0) is 6.07 Å². The quantitative estimate of drug-likeness (QED) is 0.760. The second-order valence-electron chi connectivity index (χ2n) is 2.39. The molecule has 0 fully saturated rings. The number of rotatable bonds is 2. The molecule has 0 saturated carbocycles. The Morgan fingerprint density at radius 1 is 1.46 bits per heavy atom. The Hall–Kier alpha value is -0.810. The molecule has 1 unspecified atom stereocenters. The van der Waals surface area contributed by atoms with Crippen molar-refractivity contribution in [3.05, 3.63) is 28.8 Å². The summed E-state index contributed by atoms with van der Waals surface area (Å²) in [6.45, 7) is 0. The number of alkyl halides is 2. The van der Waals surface area contributed by atoms with Crippen LogP contribution in [-0.2, 0) is 0 Å². The van der Waals surface area contributed by atoms with Crippen LogP contribution in [-0.4, -0.2) is 11.4 Å². The third-order valence-electron chi connectivity index (χ3n) is 1.46. The molecule has 0 saturated heterocycles. The maximum absolute atomic E-state index is 12.8. The lowest BCUT2D eigenvalue weighted by Gasteiger charge is -2.10. The first-order valence-electron chi connectivity index (χ1n) is 3.37. The fourth-order valence-electron chi connectivity index (χ4n) is 0.808. The summed E-state index contributed by atoms with van der Waals surface area (Å²) >= 11 is 5.44. The van der Waals surface area contributed by atoms with Crippen molar-refractivity contribution in [2.75, 3.05) is 0 Å². The van der Waals surface area contributed by atoms with E-state index in [0.717, 1.165) is 12.3 Å². The molecule has 1 aromatic heterocycles. The van der Waals surface area contributed by atoms with E-state index in [2.05, 4.69) is 4.98 Å². The minimum atomic E-state index is -2.84. The highest BCUT2D eigenvalue weighted by molar-refractivity contribution is 6.30. The number of pyridine rings is 1. The van der Waals surface area contributed by atoms with Crippen molar-refractivity contribution in [1.82, 2.24) is 4.98 Å². The van der Waals surface area contributed by atoms with Gasteiger partial charge in [0.05, 0.1) is 11.1 Å². The van der Waals surface area contributed by atoms with E-state index in [0.29, 0.717) is 0 Å². The van der Waals surface area contributed by atoms with Crippen LogP contribution < -0.4 is 5.73 Å². The molecule has 0 aliphatic heterocycles. The smallest absolute Gasteiger partial charge is 0.257 e. The Morgan fingerprint density at radius 2 is 2.08 bits per heavy atom. The standard InChI is InChI=1S/C7H6ClF3N2/c8-3-1-4(5(12)6(9)10)7(11)13-2-3/h1-2,5-6H,12H2. The summed E-state index contributed by atoms with van der Waals surface area (Å²) in [4.78, 5) is 3.17. The summed E-state index contributed by atoms with van der Waals surface area (Å²) in [6.07, 6.45) is -1.81. The second-order valence-corrected chi connectivity index (χ2v) is 2.83. The van der Waals surface area contributed by atoms with E-state index in [1.54, 1.807) is 0 Å². The lowest BCUT2D eigenvalue weighted by Crippen LogP contribution is -2.20. The molecular weight excluding hydrogens is 205 g/mol. The summed E-state index contributed by atoms with van der Waals surface area (Å²) < 4.78 is 36.9. The van der Waals surface area contributed by atoms with Crippen LogP contribution in [0.2, 0.25) is 5.02 Å². The number of nitrogens with two attached hydrogens (primary N) is 1. The first-order valence-corrected chi connectivity index (χ1v) is 3.75. The Kier molecular flexibility index (Phi) is 3.11. The zero-order valence-electron chi connectivity index (χ0n) is 6.35. The number of halogens is 4. The molecule has 0 radical (unpaired) electrons. The van der Waals surface area contributed by atoms with Crippen molar-refractivity contribution in [2.45, 2.75) is 12.5 Å². The van der Waals surface area contributed by atoms with Crippen molar-refractivity contribution in [2.24, 2.45) is 5.73 Å². The molecule has 1 heterocycles. The van der Waals surface area contributed by atoms with Gasteiger partial charge in [-0.2, -0.15) is 4.39 Å². The second kappa shape index (κ2) is 3.93. The van der Waals surface area contributed by atoms with Crippen LogP contribution in [0, 0.1) is 5.95 Å². The van der Waals surface area contributed by atoms with E-state index >= 15 is 0 Å². The van der Waals surface area contributed by atoms with Crippen LogP contribution in [0.1, 0.15) is 11.6 Å². The predicted molar refractivity (Wildman–Crippen MR) is 42.1 cm³/mol. The molecule has 13 heavy (non-hydrogen) atoms. The highest BCUT2D eigenvalue weighted by atomic mass is 35.5. The molecular formula is C7H6ClF3N2. The molecule has 2 N–H and O–H groups in total. The average molecular weight is 211 g/mol. The van der Waals surface area contributed by atoms with Gasteiger partial charge in [0, 0.05) is 11.8 Å². The number of aromatic nitrogens is 1. The van der Waals surface area contributed by atoms with E-state index in [-0.39, 0.29) is 10.6 Å². The number of hydrogen-bond acceptors (Lipinski definition) is 2. The van der Waals surface area contributed by atoms with Crippen LogP contribution >= 0.6 is 11.6 Å². The molecule has 0 aliphatic carbocycles. The average Bonchev–Trinajstić information content (AvgIpc) is 2.08. The van der Waals surface area contributed by atoms with Gasteiger partial charge in [0.25, 0.3) is 6.43 Å². The number of nitrogens with zero attached hydrogens (tertiary/aromatic N) is 1. The normalized spacial score (nSPS) is 13.4. The van der Waals surface area contributed by atoms with E-state index < -0.39 is 18.4 Å². The zero-order valence-corrected chi connectivity index (χ0v) is 7.10. The third kappa shape index (κ3) is 2.32.